The van der Waals surface area contributed by atoms with Crippen LogP contribution in [0, 0.1) is 6.92 Å². The second-order valence-electron chi connectivity index (χ2n) is 5.27. The largest absolute Gasteiger partial charge is 0.464 e. The molecule has 20 heavy (non-hydrogen) atoms. The number of hydrogen-bond acceptors (Lipinski definition) is 3. The number of ether oxygens (including phenoxy) is 1. The number of carbonyl (C=O) groups is 2. The van der Waals surface area contributed by atoms with E-state index in [0.29, 0.717) is 6.61 Å². The van der Waals surface area contributed by atoms with E-state index in [4.69, 9.17) is 4.74 Å². The molecule has 1 atom stereocenters. The van der Waals surface area contributed by atoms with Crippen LogP contribution in [0.5, 0.6) is 0 Å². The number of amides is 1. The summed E-state index contributed by atoms with van der Waals surface area (Å²) in [5.41, 5.74) is 1.72. The van der Waals surface area contributed by atoms with E-state index in [1.54, 1.807) is 0 Å². The average Bonchev–Trinajstić information content (AvgIpc) is 2.45. The summed E-state index contributed by atoms with van der Waals surface area (Å²) < 4.78 is 5.10. The van der Waals surface area contributed by atoms with Crippen molar-refractivity contribution in [3.8, 4) is 0 Å². The Kier molecular flexibility index (Phi) is 4.77. The average molecular weight is 275 g/mol. The molecule has 1 aromatic carbocycles. The molecular formula is C16H21NO3. The number of nitrogens with zero attached hydrogens (tertiary/aromatic N) is 1. The summed E-state index contributed by atoms with van der Waals surface area (Å²) in [6, 6.07) is 7.61. The highest BCUT2D eigenvalue weighted by atomic mass is 16.5. The van der Waals surface area contributed by atoms with E-state index in [2.05, 4.69) is 0 Å². The van der Waals surface area contributed by atoms with E-state index >= 15 is 0 Å². The summed E-state index contributed by atoms with van der Waals surface area (Å²) in [7, 11) is 0. The molecule has 2 rings (SSSR count). The van der Waals surface area contributed by atoms with E-state index in [1.807, 2.05) is 36.1 Å². The Balaban J connectivity index is 2.13. The molecule has 1 aliphatic heterocycles. The molecule has 4 heteroatoms. The highest BCUT2D eigenvalue weighted by Gasteiger charge is 2.28. The van der Waals surface area contributed by atoms with Gasteiger partial charge in [0.05, 0.1) is 6.04 Å². The van der Waals surface area contributed by atoms with Crippen molar-refractivity contribution < 1.29 is 14.3 Å². The first-order chi connectivity index (χ1) is 9.59. The van der Waals surface area contributed by atoms with Crippen LogP contribution in [0.4, 0.5) is 0 Å². The van der Waals surface area contributed by atoms with E-state index in [1.165, 1.54) is 6.92 Å². The predicted octanol–water partition coefficient (Wildman–Crippen LogP) is 2.55. The van der Waals surface area contributed by atoms with Crippen molar-refractivity contribution in [2.24, 2.45) is 0 Å². The second kappa shape index (κ2) is 6.55. The first-order valence-corrected chi connectivity index (χ1v) is 7.09. The molecule has 0 aromatic heterocycles. The first kappa shape index (κ1) is 14.6. The van der Waals surface area contributed by atoms with E-state index < -0.39 is 0 Å². The van der Waals surface area contributed by atoms with Gasteiger partial charge in [-0.25, -0.2) is 0 Å². The highest BCUT2D eigenvalue weighted by Crippen LogP contribution is 2.21. The predicted molar refractivity (Wildman–Crippen MR) is 76.5 cm³/mol. The Morgan fingerprint density at radius 3 is 2.75 bits per heavy atom. The van der Waals surface area contributed by atoms with Crippen LogP contribution in [0.3, 0.4) is 0 Å². The summed E-state index contributed by atoms with van der Waals surface area (Å²) in [5, 5.41) is 0. The second-order valence-corrected chi connectivity index (χ2v) is 5.27. The molecule has 1 saturated heterocycles. The Morgan fingerprint density at radius 1 is 1.30 bits per heavy atom. The van der Waals surface area contributed by atoms with Gasteiger partial charge in [0, 0.05) is 19.0 Å². The van der Waals surface area contributed by atoms with Gasteiger partial charge < -0.3 is 9.64 Å². The Morgan fingerprint density at radius 2 is 2.05 bits per heavy atom. The minimum Gasteiger partial charge on any atom is -0.464 e. The van der Waals surface area contributed by atoms with Crippen LogP contribution in [-0.4, -0.2) is 36.0 Å². The molecule has 0 spiro atoms. The van der Waals surface area contributed by atoms with Crippen molar-refractivity contribution in [3.63, 3.8) is 0 Å². The molecule has 1 amide bonds. The van der Waals surface area contributed by atoms with Gasteiger partial charge in [-0.3, -0.25) is 9.59 Å². The maximum absolute atomic E-state index is 12.7. The molecule has 0 unspecified atom stereocenters. The summed E-state index contributed by atoms with van der Waals surface area (Å²) in [5.74, 6) is -0.251. The SMILES string of the molecule is CC(=O)OC[C@H]1CCCCN1C(=O)c1ccccc1C. The third-order valence-electron chi connectivity index (χ3n) is 3.74. The van der Waals surface area contributed by atoms with Crippen LogP contribution >= 0.6 is 0 Å². The van der Waals surface area contributed by atoms with Crippen LogP contribution in [0.1, 0.15) is 42.1 Å². The molecule has 108 valence electrons. The van der Waals surface area contributed by atoms with Crippen molar-refractivity contribution in [1.82, 2.24) is 4.90 Å². The fraction of sp³-hybridized carbons (Fsp3) is 0.500. The third kappa shape index (κ3) is 3.38. The van der Waals surface area contributed by atoms with Gasteiger partial charge in [0.1, 0.15) is 6.61 Å². The minimum absolute atomic E-state index is 0.000226. The van der Waals surface area contributed by atoms with Gasteiger partial charge in [-0.1, -0.05) is 18.2 Å². The number of benzene rings is 1. The van der Waals surface area contributed by atoms with Crippen molar-refractivity contribution in [1.29, 1.82) is 0 Å². The zero-order valence-corrected chi connectivity index (χ0v) is 12.1. The molecule has 1 fully saturated rings. The lowest BCUT2D eigenvalue weighted by Gasteiger charge is -2.35. The number of esters is 1. The van der Waals surface area contributed by atoms with Crippen LogP contribution in [0.15, 0.2) is 24.3 Å². The maximum atomic E-state index is 12.7. The molecule has 0 saturated carbocycles. The first-order valence-electron chi connectivity index (χ1n) is 7.09. The quantitative estimate of drug-likeness (QED) is 0.796. The maximum Gasteiger partial charge on any atom is 0.302 e. The molecule has 0 aliphatic carbocycles. The van der Waals surface area contributed by atoms with Gasteiger partial charge in [0.15, 0.2) is 0 Å². The fourth-order valence-electron chi connectivity index (χ4n) is 2.62. The van der Waals surface area contributed by atoms with Crippen molar-refractivity contribution >= 4 is 11.9 Å². The Labute approximate surface area is 119 Å². The number of rotatable bonds is 3. The van der Waals surface area contributed by atoms with Crippen LogP contribution in [0.2, 0.25) is 0 Å². The molecule has 4 nitrogen and oxygen atoms in total. The Hall–Kier alpha value is -1.84. The van der Waals surface area contributed by atoms with E-state index in [9.17, 15) is 9.59 Å². The van der Waals surface area contributed by atoms with Crippen LogP contribution < -0.4 is 0 Å². The monoisotopic (exact) mass is 275 g/mol. The van der Waals surface area contributed by atoms with Crippen LogP contribution in [-0.2, 0) is 9.53 Å². The van der Waals surface area contributed by atoms with E-state index in [-0.39, 0.29) is 17.9 Å². The topological polar surface area (TPSA) is 46.6 Å². The normalized spacial score (nSPS) is 18.7. The number of piperidine rings is 1. The molecular weight excluding hydrogens is 254 g/mol. The number of carbonyl (C=O) groups excluding carboxylic acids is 2. The van der Waals surface area contributed by atoms with Gasteiger partial charge in [-0.2, -0.15) is 0 Å². The van der Waals surface area contributed by atoms with Crippen molar-refractivity contribution in [2.45, 2.75) is 39.2 Å². The standard InChI is InChI=1S/C16H21NO3/c1-12-7-3-4-9-15(12)16(19)17-10-6-5-8-14(17)11-20-13(2)18/h3-4,7,9,14H,5-6,8,10-11H2,1-2H3/t14-/m1/s1. The lowest BCUT2D eigenvalue weighted by molar-refractivity contribution is -0.142. The highest BCUT2D eigenvalue weighted by molar-refractivity contribution is 5.95. The summed E-state index contributed by atoms with van der Waals surface area (Å²) in [4.78, 5) is 25.5. The summed E-state index contributed by atoms with van der Waals surface area (Å²) in [6.45, 7) is 4.38. The molecule has 0 bridgehead atoms. The molecule has 1 aromatic rings. The number of likely N-dealkylation sites (tertiary alicyclic amines) is 1. The number of aryl methyl sites for hydroxylation is 1. The lowest BCUT2D eigenvalue weighted by Crippen LogP contribution is -2.46. The van der Waals surface area contributed by atoms with Crippen molar-refractivity contribution in [2.75, 3.05) is 13.2 Å². The van der Waals surface area contributed by atoms with E-state index in [0.717, 1.165) is 36.9 Å². The minimum atomic E-state index is -0.293. The van der Waals surface area contributed by atoms with Gasteiger partial charge in [0.2, 0.25) is 0 Å². The lowest BCUT2D eigenvalue weighted by atomic mass is 10.00. The third-order valence-corrected chi connectivity index (χ3v) is 3.74. The van der Waals surface area contributed by atoms with Gasteiger partial charge in [-0.05, 0) is 37.8 Å². The zero-order valence-electron chi connectivity index (χ0n) is 12.1. The summed E-state index contributed by atoms with van der Waals surface area (Å²) in [6.07, 6.45) is 2.97. The fourth-order valence-corrected chi connectivity index (χ4v) is 2.62. The smallest absolute Gasteiger partial charge is 0.302 e. The van der Waals surface area contributed by atoms with Crippen LogP contribution in [0.25, 0.3) is 0 Å². The van der Waals surface area contributed by atoms with Gasteiger partial charge in [0.25, 0.3) is 5.91 Å². The van der Waals surface area contributed by atoms with Gasteiger partial charge >= 0.3 is 5.97 Å². The summed E-state index contributed by atoms with van der Waals surface area (Å²) >= 11 is 0. The zero-order chi connectivity index (χ0) is 14.5. The molecule has 1 heterocycles. The molecule has 0 N–H and O–H groups in total. The van der Waals surface area contributed by atoms with Gasteiger partial charge in [-0.15, -0.1) is 0 Å². The Bertz CT molecular complexity index is 498. The number of hydrogen-bond donors (Lipinski definition) is 0. The molecule has 0 radical (unpaired) electrons. The van der Waals surface area contributed by atoms with Crippen molar-refractivity contribution in [3.05, 3.63) is 35.4 Å². The molecule has 1 aliphatic rings.